The van der Waals surface area contributed by atoms with Gasteiger partial charge in [-0.1, -0.05) is 12.1 Å². The van der Waals surface area contributed by atoms with Gasteiger partial charge in [-0.3, -0.25) is 9.71 Å². The smallest absolute Gasteiger partial charge is 0.265 e. The van der Waals surface area contributed by atoms with Gasteiger partial charge < -0.3 is 4.74 Å². The number of nitrogens with one attached hydrogen (secondary N) is 1. The molecule has 3 aromatic rings. The molecule has 1 N–H and O–H groups in total. The summed E-state index contributed by atoms with van der Waals surface area (Å²) >= 11 is 2.19. The van der Waals surface area contributed by atoms with Gasteiger partial charge >= 0.3 is 0 Å². The van der Waals surface area contributed by atoms with E-state index >= 15 is 0 Å². The van der Waals surface area contributed by atoms with Crippen LogP contribution in [0.1, 0.15) is 5.69 Å². The first-order valence-corrected chi connectivity index (χ1v) is 10.1. The molecule has 0 aliphatic rings. The fourth-order valence-corrected chi connectivity index (χ4v) is 3.83. The number of rotatable bonds is 5. The second-order valence-electron chi connectivity index (χ2n) is 5.33. The van der Waals surface area contributed by atoms with Crippen LogP contribution in [-0.4, -0.2) is 30.5 Å². The number of ether oxygens (including phenoxy) is 1. The summed E-state index contributed by atoms with van der Waals surface area (Å²) in [6.45, 7) is 1.74. The van der Waals surface area contributed by atoms with Gasteiger partial charge in [-0.2, -0.15) is 0 Å². The van der Waals surface area contributed by atoms with Crippen LogP contribution in [0.3, 0.4) is 0 Å². The van der Waals surface area contributed by atoms with Crippen LogP contribution in [0.15, 0.2) is 53.7 Å². The Kier molecular flexibility index (Phi) is 5.37. The van der Waals surface area contributed by atoms with Gasteiger partial charge in [0, 0.05) is 15.3 Å². The van der Waals surface area contributed by atoms with Gasteiger partial charge in [0.05, 0.1) is 24.7 Å². The summed E-state index contributed by atoms with van der Waals surface area (Å²) in [7, 11) is -2.54. The van der Waals surface area contributed by atoms with E-state index in [2.05, 4.69) is 42.3 Å². The van der Waals surface area contributed by atoms with Crippen molar-refractivity contribution < 1.29 is 13.2 Å². The molecule has 0 aliphatic heterocycles. The van der Waals surface area contributed by atoms with Crippen molar-refractivity contribution in [1.82, 2.24) is 15.0 Å². The zero-order valence-corrected chi connectivity index (χ0v) is 16.9. The Morgan fingerprint density at radius 1 is 1.12 bits per heavy atom. The second-order valence-corrected chi connectivity index (χ2v) is 8.23. The lowest BCUT2D eigenvalue weighted by atomic mass is 10.1. The van der Waals surface area contributed by atoms with Crippen LogP contribution in [0, 0.1) is 10.5 Å². The maximum atomic E-state index is 12.9. The number of hydrogen-bond donors (Lipinski definition) is 1. The van der Waals surface area contributed by atoms with Gasteiger partial charge in [0.15, 0.2) is 0 Å². The minimum atomic E-state index is -3.94. The zero-order valence-electron chi connectivity index (χ0n) is 14.0. The van der Waals surface area contributed by atoms with E-state index in [4.69, 9.17) is 4.74 Å². The molecule has 9 heteroatoms. The third kappa shape index (κ3) is 3.93. The van der Waals surface area contributed by atoms with E-state index < -0.39 is 10.0 Å². The van der Waals surface area contributed by atoms with Crippen molar-refractivity contribution >= 4 is 38.4 Å². The van der Waals surface area contributed by atoms with E-state index in [1.54, 1.807) is 19.2 Å². The minimum Gasteiger partial charge on any atom is -0.478 e. The Balaban J connectivity index is 2.05. The van der Waals surface area contributed by atoms with Crippen molar-refractivity contribution in [2.45, 2.75) is 11.8 Å². The largest absolute Gasteiger partial charge is 0.478 e. The normalized spacial score (nSPS) is 11.2. The molecule has 0 unspecified atom stereocenters. The van der Waals surface area contributed by atoms with Crippen LogP contribution in [0.4, 0.5) is 5.82 Å². The molecule has 0 fully saturated rings. The lowest BCUT2D eigenvalue weighted by Gasteiger charge is -2.13. The van der Waals surface area contributed by atoms with Gasteiger partial charge in [0.25, 0.3) is 15.9 Å². The number of methoxy groups -OCH3 is 1. The van der Waals surface area contributed by atoms with Gasteiger partial charge in [-0.15, -0.1) is 0 Å². The van der Waals surface area contributed by atoms with Crippen molar-refractivity contribution in [2.75, 3.05) is 11.8 Å². The van der Waals surface area contributed by atoms with Crippen LogP contribution in [-0.2, 0) is 10.0 Å². The minimum absolute atomic E-state index is 0.0236. The van der Waals surface area contributed by atoms with Crippen LogP contribution in [0.2, 0.25) is 0 Å². The summed E-state index contributed by atoms with van der Waals surface area (Å²) in [5, 5.41) is 0. The molecule has 134 valence electrons. The molecule has 0 bridgehead atoms. The van der Waals surface area contributed by atoms with E-state index in [0.29, 0.717) is 17.0 Å². The Labute approximate surface area is 165 Å². The average Bonchev–Trinajstić information content (AvgIpc) is 2.63. The average molecular weight is 482 g/mol. The molecule has 0 radical (unpaired) electrons. The number of aryl methyl sites for hydroxylation is 1. The number of benzene rings is 1. The monoisotopic (exact) mass is 482 g/mol. The number of aromatic nitrogens is 3. The number of anilines is 1. The third-order valence-corrected chi connectivity index (χ3v) is 5.55. The molecule has 1 aromatic carbocycles. The van der Waals surface area contributed by atoms with Gasteiger partial charge in [-0.05, 0) is 53.8 Å². The molecule has 0 atom stereocenters. The highest BCUT2D eigenvalue weighted by Crippen LogP contribution is 2.28. The number of hydrogen-bond acceptors (Lipinski definition) is 6. The maximum absolute atomic E-state index is 12.9. The highest BCUT2D eigenvalue weighted by Gasteiger charge is 2.23. The van der Waals surface area contributed by atoms with Crippen molar-refractivity contribution in [3.05, 3.63) is 58.1 Å². The van der Waals surface area contributed by atoms with Crippen LogP contribution in [0.25, 0.3) is 11.3 Å². The second kappa shape index (κ2) is 7.54. The Hall–Kier alpha value is -2.27. The molecule has 0 saturated carbocycles. The summed E-state index contributed by atoms with van der Waals surface area (Å²) in [6, 6.07) is 10.5. The lowest BCUT2D eigenvalue weighted by Crippen LogP contribution is -2.16. The number of nitrogens with zero attached hydrogens (tertiary/aromatic N) is 3. The third-order valence-electron chi connectivity index (χ3n) is 3.46. The molecule has 26 heavy (non-hydrogen) atoms. The Morgan fingerprint density at radius 2 is 1.85 bits per heavy atom. The van der Waals surface area contributed by atoms with Gasteiger partial charge in [0.2, 0.25) is 5.82 Å². The number of pyridine rings is 1. The van der Waals surface area contributed by atoms with E-state index in [1.165, 1.54) is 19.4 Å². The molecule has 3 rings (SSSR count). The molecular weight excluding hydrogens is 467 g/mol. The molecular formula is C17H15IN4O3S. The Bertz CT molecular complexity index is 1040. The Morgan fingerprint density at radius 3 is 2.54 bits per heavy atom. The van der Waals surface area contributed by atoms with Crippen molar-refractivity contribution in [3.63, 3.8) is 0 Å². The van der Waals surface area contributed by atoms with Crippen molar-refractivity contribution in [1.29, 1.82) is 0 Å². The van der Waals surface area contributed by atoms with Crippen molar-refractivity contribution in [3.8, 4) is 17.1 Å². The quantitative estimate of drug-likeness (QED) is 0.562. The highest BCUT2D eigenvalue weighted by atomic mass is 127. The van der Waals surface area contributed by atoms with Crippen LogP contribution < -0.4 is 9.46 Å². The summed E-state index contributed by atoms with van der Waals surface area (Å²) in [5.41, 5.74) is 1.68. The first-order valence-electron chi connectivity index (χ1n) is 7.52. The van der Waals surface area contributed by atoms with Crippen LogP contribution in [0.5, 0.6) is 5.88 Å². The van der Waals surface area contributed by atoms with Crippen LogP contribution >= 0.6 is 22.6 Å². The van der Waals surface area contributed by atoms with E-state index in [0.717, 1.165) is 3.57 Å². The van der Waals surface area contributed by atoms with E-state index in [-0.39, 0.29) is 16.6 Å². The lowest BCUT2D eigenvalue weighted by molar-refractivity contribution is 0.397. The number of sulfonamides is 1. The predicted molar refractivity (Wildman–Crippen MR) is 107 cm³/mol. The molecule has 2 heterocycles. The summed E-state index contributed by atoms with van der Waals surface area (Å²) < 4.78 is 34.5. The SMILES string of the molecule is COc1nc(C)cnc1NS(=O)(=O)c1cccnc1-c1ccc(I)cc1. The molecule has 7 nitrogen and oxygen atoms in total. The first kappa shape index (κ1) is 18.5. The van der Waals surface area contributed by atoms with Gasteiger partial charge in [-0.25, -0.2) is 18.4 Å². The summed E-state index contributed by atoms with van der Waals surface area (Å²) in [4.78, 5) is 12.5. The molecule has 2 aromatic heterocycles. The van der Waals surface area contributed by atoms with E-state index in [1.807, 2.05) is 24.3 Å². The fraction of sp³-hybridized carbons (Fsp3) is 0.118. The van der Waals surface area contributed by atoms with Crippen molar-refractivity contribution in [2.24, 2.45) is 0 Å². The fourth-order valence-electron chi connectivity index (χ4n) is 2.28. The maximum Gasteiger partial charge on any atom is 0.265 e. The zero-order chi connectivity index (χ0) is 18.7. The topological polar surface area (TPSA) is 94.1 Å². The number of halogens is 1. The predicted octanol–water partition coefficient (Wildman–Crippen LogP) is 3.26. The first-order chi connectivity index (χ1) is 12.4. The molecule has 0 spiro atoms. The summed E-state index contributed by atoms with van der Waals surface area (Å²) in [6.07, 6.45) is 3.02. The van der Waals surface area contributed by atoms with E-state index in [9.17, 15) is 8.42 Å². The summed E-state index contributed by atoms with van der Waals surface area (Å²) in [5.74, 6) is 0.129. The molecule has 0 amide bonds. The standard InChI is InChI=1S/C17H15IN4O3S/c1-11-10-20-16(17(21-11)25-2)22-26(23,24)14-4-3-9-19-15(14)12-5-7-13(18)8-6-12/h3-10H,1-2H3,(H,20,22). The highest BCUT2D eigenvalue weighted by molar-refractivity contribution is 14.1. The molecule has 0 aliphatic carbocycles. The van der Waals surface area contributed by atoms with Gasteiger partial charge in [0.1, 0.15) is 4.90 Å². The molecule has 0 saturated heterocycles.